The van der Waals surface area contributed by atoms with E-state index in [-0.39, 0.29) is 15.9 Å². The third-order valence-electron chi connectivity index (χ3n) is 2.97. The predicted molar refractivity (Wildman–Crippen MR) is 83.0 cm³/mol. The summed E-state index contributed by atoms with van der Waals surface area (Å²) in [6, 6.07) is 6.46. The molecule has 3 N–H and O–H groups in total. The Kier molecular flexibility index (Phi) is 4.83. The molecule has 0 atom stereocenters. The number of nitrogens with one attached hydrogen (secondary N) is 1. The van der Waals surface area contributed by atoms with Crippen molar-refractivity contribution in [2.24, 2.45) is 5.73 Å². The number of thiocarbonyl (C=S) groups is 1. The van der Waals surface area contributed by atoms with Crippen LogP contribution in [0.25, 0.3) is 0 Å². The first-order valence-electron chi connectivity index (χ1n) is 5.99. The van der Waals surface area contributed by atoms with Crippen LogP contribution in [0.5, 0.6) is 0 Å². The van der Waals surface area contributed by atoms with E-state index in [1.165, 1.54) is 6.07 Å². The Balaban J connectivity index is 2.18. The Hall–Kier alpha value is -0.630. The van der Waals surface area contributed by atoms with Crippen molar-refractivity contribution in [3.8, 4) is 0 Å². The summed E-state index contributed by atoms with van der Waals surface area (Å²) in [5, 5.41) is 0. The summed E-state index contributed by atoms with van der Waals surface area (Å²) < 4.78 is 27.3. The minimum Gasteiger partial charge on any atom is -0.389 e. The first-order chi connectivity index (χ1) is 8.99. The standard InChI is InChI=1S/C12H16N2O2S3/c13-12(17)9-2-1-3-11(8-9)19(15,16)14-10-4-6-18-7-5-10/h1-3,8,10,14H,4-7H2,(H2,13,17). The van der Waals surface area contributed by atoms with Gasteiger partial charge in [-0.25, -0.2) is 13.1 Å². The maximum absolute atomic E-state index is 12.3. The molecule has 1 heterocycles. The average molecular weight is 316 g/mol. The van der Waals surface area contributed by atoms with Crippen molar-refractivity contribution in [3.63, 3.8) is 0 Å². The van der Waals surface area contributed by atoms with Gasteiger partial charge in [-0.15, -0.1) is 0 Å². The van der Waals surface area contributed by atoms with Crippen molar-refractivity contribution >= 4 is 39.0 Å². The van der Waals surface area contributed by atoms with Gasteiger partial charge in [0.15, 0.2) is 0 Å². The van der Waals surface area contributed by atoms with E-state index in [0.717, 1.165) is 24.3 Å². The molecule has 1 saturated heterocycles. The van der Waals surface area contributed by atoms with Crippen LogP contribution in [0.1, 0.15) is 18.4 Å². The van der Waals surface area contributed by atoms with Crippen LogP contribution in [0.15, 0.2) is 29.2 Å². The lowest BCUT2D eigenvalue weighted by Crippen LogP contribution is -2.37. The maximum Gasteiger partial charge on any atom is 0.240 e. The Morgan fingerprint density at radius 1 is 1.37 bits per heavy atom. The molecule has 0 amide bonds. The van der Waals surface area contributed by atoms with Gasteiger partial charge in [-0.2, -0.15) is 11.8 Å². The van der Waals surface area contributed by atoms with Crippen LogP contribution in [0.4, 0.5) is 0 Å². The summed E-state index contributed by atoms with van der Waals surface area (Å²) in [5.74, 6) is 2.00. The highest BCUT2D eigenvalue weighted by atomic mass is 32.2. The van der Waals surface area contributed by atoms with Gasteiger partial charge in [-0.3, -0.25) is 0 Å². The molecule has 0 aromatic heterocycles. The minimum absolute atomic E-state index is 0.0275. The molecule has 0 spiro atoms. The molecular formula is C12H16N2O2S3. The smallest absolute Gasteiger partial charge is 0.240 e. The van der Waals surface area contributed by atoms with Gasteiger partial charge in [-0.05, 0) is 36.5 Å². The van der Waals surface area contributed by atoms with E-state index in [9.17, 15) is 8.42 Å². The summed E-state index contributed by atoms with van der Waals surface area (Å²) >= 11 is 6.72. The quantitative estimate of drug-likeness (QED) is 0.824. The first-order valence-corrected chi connectivity index (χ1v) is 9.03. The predicted octanol–water partition coefficient (Wildman–Crippen LogP) is 1.49. The zero-order valence-corrected chi connectivity index (χ0v) is 12.8. The van der Waals surface area contributed by atoms with E-state index in [4.69, 9.17) is 18.0 Å². The normalized spacial score (nSPS) is 17.3. The lowest BCUT2D eigenvalue weighted by Gasteiger charge is -2.22. The van der Waals surface area contributed by atoms with E-state index >= 15 is 0 Å². The van der Waals surface area contributed by atoms with Crippen LogP contribution < -0.4 is 10.5 Å². The van der Waals surface area contributed by atoms with Crippen LogP contribution in [-0.4, -0.2) is 31.0 Å². The van der Waals surface area contributed by atoms with Crippen LogP contribution in [0.3, 0.4) is 0 Å². The van der Waals surface area contributed by atoms with Crippen molar-refractivity contribution in [2.75, 3.05) is 11.5 Å². The summed E-state index contributed by atoms with van der Waals surface area (Å²) in [4.78, 5) is 0.419. The highest BCUT2D eigenvalue weighted by molar-refractivity contribution is 7.99. The Morgan fingerprint density at radius 3 is 2.68 bits per heavy atom. The highest BCUT2D eigenvalue weighted by Gasteiger charge is 2.22. The second-order valence-corrected chi connectivity index (χ2v) is 7.78. The number of benzene rings is 1. The number of rotatable bonds is 4. The molecule has 2 rings (SSSR count). The number of thioether (sulfide) groups is 1. The third-order valence-corrected chi connectivity index (χ3v) is 5.77. The Labute approximate surface area is 123 Å². The number of hydrogen-bond donors (Lipinski definition) is 2. The third kappa shape index (κ3) is 3.92. The van der Waals surface area contributed by atoms with Gasteiger partial charge in [-0.1, -0.05) is 24.4 Å². The monoisotopic (exact) mass is 316 g/mol. The van der Waals surface area contributed by atoms with E-state index in [0.29, 0.717) is 5.56 Å². The SMILES string of the molecule is NC(=S)c1cccc(S(=O)(=O)NC2CCSCC2)c1. The van der Waals surface area contributed by atoms with E-state index in [1.54, 1.807) is 18.2 Å². The average Bonchev–Trinajstić information content (AvgIpc) is 2.39. The Bertz CT molecular complexity index is 566. The molecule has 0 saturated carbocycles. The summed E-state index contributed by atoms with van der Waals surface area (Å²) in [5.41, 5.74) is 6.09. The van der Waals surface area contributed by atoms with Gasteiger partial charge in [0.05, 0.1) is 4.90 Å². The van der Waals surface area contributed by atoms with Crippen molar-refractivity contribution in [1.82, 2.24) is 4.72 Å². The molecule has 4 nitrogen and oxygen atoms in total. The zero-order chi connectivity index (χ0) is 13.9. The molecule has 0 radical (unpaired) electrons. The molecule has 104 valence electrons. The molecule has 1 fully saturated rings. The molecule has 1 aromatic rings. The molecule has 0 aliphatic carbocycles. The lowest BCUT2D eigenvalue weighted by atomic mass is 10.2. The van der Waals surface area contributed by atoms with Gasteiger partial charge < -0.3 is 5.73 Å². The maximum atomic E-state index is 12.3. The lowest BCUT2D eigenvalue weighted by molar-refractivity contribution is 0.529. The van der Waals surface area contributed by atoms with Crippen molar-refractivity contribution in [1.29, 1.82) is 0 Å². The number of sulfonamides is 1. The molecule has 0 unspecified atom stereocenters. The van der Waals surface area contributed by atoms with Gasteiger partial charge in [0.2, 0.25) is 10.0 Å². The summed E-state index contributed by atoms with van der Waals surface area (Å²) in [6.07, 6.45) is 1.75. The van der Waals surface area contributed by atoms with Crippen molar-refractivity contribution in [2.45, 2.75) is 23.8 Å². The fourth-order valence-corrected chi connectivity index (χ4v) is 4.50. The second kappa shape index (κ2) is 6.21. The van der Waals surface area contributed by atoms with E-state index in [2.05, 4.69) is 4.72 Å². The topological polar surface area (TPSA) is 72.2 Å². The summed E-state index contributed by atoms with van der Waals surface area (Å²) in [6.45, 7) is 0. The molecule has 1 aliphatic rings. The van der Waals surface area contributed by atoms with Crippen molar-refractivity contribution < 1.29 is 8.42 Å². The molecule has 1 aromatic carbocycles. The van der Waals surface area contributed by atoms with Crippen LogP contribution >= 0.6 is 24.0 Å². The second-order valence-electron chi connectivity index (χ2n) is 4.40. The fourth-order valence-electron chi connectivity index (χ4n) is 1.92. The molecule has 0 bridgehead atoms. The molecule has 7 heteroatoms. The zero-order valence-electron chi connectivity index (χ0n) is 10.3. The largest absolute Gasteiger partial charge is 0.389 e. The number of hydrogen-bond acceptors (Lipinski definition) is 4. The first kappa shape index (κ1) is 14.8. The van der Waals surface area contributed by atoms with Crippen LogP contribution in [0, 0.1) is 0 Å². The van der Waals surface area contributed by atoms with Gasteiger partial charge >= 0.3 is 0 Å². The fraction of sp³-hybridized carbons (Fsp3) is 0.417. The molecule has 19 heavy (non-hydrogen) atoms. The van der Waals surface area contributed by atoms with Crippen molar-refractivity contribution in [3.05, 3.63) is 29.8 Å². The molecular weight excluding hydrogens is 300 g/mol. The summed E-state index contributed by atoms with van der Waals surface area (Å²) in [7, 11) is -3.49. The minimum atomic E-state index is -3.49. The molecule has 1 aliphatic heterocycles. The van der Waals surface area contributed by atoms with Gasteiger partial charge in [0.25, 0.3) is 0 Å². The highest BCUT2D eigenvalue weighted by Crippen LogP contribution is 2.19. The van der Waals surface area contributed by atoms with E-state index in [1.807, 2.05) is 11.8 Å². The van der Waals surface area contributed by atoms with Crippen LogP contribution in [0.2, 0.25) is 0 Å². The Morgan fingerprint density at radius 2 is 2.05 bits per heavy atom. The van der Waals surface area contributed by atoms with Gasteiger partial charge in [0.1, 0.15) is 4.99 Å². The van der Waals surface area contributed by atoms with E-state index < -0.39 is 10.0 Å². The van der Waals surface area contributed by atoms with Crippen LogP contribution in [-0.2, 0) is 10.0 Å². The number of nitrogens with two attached hydrogens (primary N) is 1. The van der Waals surface area contributed by atoms with Gasteiger partial charge in [0, 0.05) is 11.6 Å².